The van der Waals surface area contributed by atoms with Crippen molar-refractivity contribution in [2.45, 2.75) is 24.2 Å². The van der Waals surface area contributed by atoms with E-state index in [1.54, 1.807) is 0 Å². The first-order valence-electron chi connectivity index (χ1n) is 5.84. The Bertz CT molecular complexity index is 644. The van der Waals surface area contributed by atoms with Crippen LogP contribution in [0, 0.1) is 21.8 Å². The highest BCUT2D eigenvalue weighted by Gasteiger charge is 2.27. The molecule has 9 heteroatoms. The Morgan fingerprint density at radius 1 is 1.45 bits per heavy atom. The lowest BCUT2D eigenvalue weighted by atomic mass is 9.86. The van der Waals surface area contributed by atoms with E-state index < -0.39 is 30.4 Å². The van der Waals surface area contributed by atoms with Crippen molar-refractivity contribution in [3.8, 4) is 5.75 Å². The Labute approximate surface area is 119 Å². The van der Waals surface area contributed by atoms with Gasteiger partial charge < -0.3 is 4.74 Å². The van der Waals surface area contributed by atoms with Crippen LogP contribution in [0.5, 0.6) is 5.75 Å². The van der Waals surface area contributed by atoms with Crippen LogP contribution < -0.4 is 4.74 Å². The number of nitro benzene ring substituents is 1. The van der Waals surface area contributed by atoms with Gasteiger partial charge >= 0.3 is 5.69 Å². The fourth-order valence-electron chi connectivity index (χ4n) is 1.84. The van der Waals surface area contributed by atoms with Crippen LogP contribution in [0.4, 0.5) is 10.1 Å². The van der Waals surface area contributed by atoms with Gasteiger partial charge in [-0.15, -0.1) is 0 Å². The van der Waals surface area contributed by atoms with Gasteiger partial charge in [-0.2, -0.15) is 0 Å². The van der Waals surface area contributed by atoms with Crippen molar-refractivity contribution >= 4 is 25.4 Å². The molecule has 1 saturated carbocycles. The number of benzene rings is 1. The topological polar surface area (TPSA) is 86.5 Å². The molecule has 0 radical (unpaired) electrons. The van der Waals surface area contributed by atoms with Gasteiger partial charge in [0, 0.05) is 22.8 Å². The minimum Gasteiger partial charge on any atom is -0.486 e. The average molecular weight is 324 g/mol. The molecular formula is C11H11ClFNO5S. The molecule has 0 saturated heterocycles. The second-order valence-electron chi connectivity index (χ2n) is 4.55. The van der Waals surface area contributed by atoms with E-state index in [1.807, 2.05) is 0 Å². The normalized spacial score (nSPS) is 15.7. The first-order valence-corrected chi connectivity index (χ1v) is 8.15. The zero-order valence-electron chi connectivity index (χ0n) is 10.2. The molecule has 0 aliphatic heterocycles. The van der Waals surface area contributed by atoms with Crippen molar-refractivity contribution < 1.29 is 22.5 Å². The maximum atomic E-state index is 13.6. The van der Waals surface area contributed by atoms with Crippen molar-refractivity contribution in [3.05, 3.63) is 28.1 Å². The van der Waals surface area contributed by atoms with Gasteiger partial charge in [0.25, 0.3) is 9.05 Å². The summed E-state index contributed by atoms with van der Waals surface area (Å²) in [5.74, 6) is -1.16. The van der Waals surface area contributed by atoms with Crippen molar-refractivity contribution in [1.82, 2.24) is 0 Å². The average Bonchev–Trinajstić information content (AvgIpc) is 2.24. The fourth-order valence-corrected chi connectivity index (χ4v) is 2.74. The van der Waals surface area contributed by atoms with E-state index in [0.29, 0.717) is 18.1 Å². The molecule has 2 rings (SSSR count). The minimum absolute atomic E-state index is 0.243. The number of nitro groups is 1. The van der Waals surface area contributed by atoms with Crippen LogP contribution in [0.1, 0.15) is 19.3 Å². The van der Waals surface area contributed by atoms with E-state index in [9.17, 15) is 22.9 Å². The van der Waals surface area contributed by atoms with Crippen molar-refractivity contribution in [2.24, 2.45) is 5.92 Å². The molecular weight excluding hydrogens is 313 g/mol. The van der Waals surface area contributed by atoms with Gasteiger partial charge in [-0.1, -0.05) is 6.42 Å². The Morgan fingerprint density at radius 2 is 2.10 bits per heavy atom. The third kappa shape index (κ3) is 3.18. The van der Waals surface area contributed by atoms with Crippen molar-refractivity contribution in [3.63, 3.8) is 0 Å². The van der Waals surface area contributed by atoms with Gasteiger partial charge in [0.05, 0.1) is 11.5 Å². The summed E-state index contributed by atoms with van der Waals surface area (Å²) in [6.07, 6.45) is 3.00. The zero-order chi connectivity index (χ0) is 14.9. The predicted molar refractivity (Wildman–Crippen MR) is 68.9 cm³/mol. The second kappa shape index (κ2) is 5.53. The molecule has 0 spiro atoms. The van der Waals surface area contributed by atoms with Crippen LogP contribution in [0.2, 0.25) is 0 Å². The fraction of sp³-hybridized carbons (Fsp3) is 0.455. The highest BCUT2D eigenvalue weighted by molar-refractivity contribution is 8.13. The summed E-state index contributed by atoms with van der Waals surface area (Å²) in [5, 5.41) is 10.9. The lowest BCUT2D eigenvalue weighted by molar-refractivity contribution is -0.386. The largest absolute Gasteiger partial charge is 0.486 e. The predicted octanol–water partition coefficient (Wildman–Crippen LogP) is 2.84. The number of hydrogen-bond acceptors (Lipinski definition) is 5. The lowest BCUT2D eigenvalue weighted by Gasteiger charge is -2.25. The molecule has 0 unspecified atom stereocenters. The summed E-state index contributed by atoms with van der Waals surface area (Å²) in [6, 6.07) is 1.26. The quantitative estimate of drug-likeness (QED) is 0.472. The molecule has 1 aliphatic carbocycles. The third-order valence-corrected chi connectivity index (χ3v) is 4.51. The third-order valence-electron chi connectivity index (χ3n) is 3.17. The van der Waals surface area contributed by atoms with E-state index in [1.165, 1.54) is 0 Å². The molecule has 1 fully saturated rings. The Hall–Kier alpha value is -1.41. The molecule has 1 aromatic carbocycles. The van der Waals surface area contributed by atoms with Crippen LogP contribution in [0.3, 0.4) is 0 Å². The van der Waals surface area contributed by atoms with Crippen molar-refractivity contribution in [1.29, 1.82) is 0 Å². The molecule has 1 aromatic rings. The highest BCUT2D eigenvalue weighted by atomic mass is 35.7. The molecule has 1 aliphatic rings. The monoisotopic (exact) mass is 323 g/mol. The number of ether oxygens (including phenoxy) is 1. The second-order valence-corrected chi connectivity index (χ2v) is 7.09. The summed E-state index contributed by atoms with van der Waals surface area (Å²) in [5.41, 5.74) is -0.620. The molecule has 0 N–H and O–H groups in total. The molecule has 0 amide bonds. The standard InChI is InChI=1S/C11H11ClFNO5S/c12-20(17,18)11-5-9(14(15)16)10(4-8(11)13)19-6-7-2-1-3-7/h4-5,7H,1-3,6H2. The molecule has 110 valence electrons. The number of nitrogens with zero attached hydrogens (tertiary/aromatic N) is 1. The van der Waals surface area contributed by atoms with Gasteiger partial charge in [-0.3, -0.25) is 10.1 Å². The maximum Gasteiger partial charge on any atom is 0.312 e. The molecule has 20 heavy (non-hydrogen) atoms. The summed E-state index contributed by atoms with van der Waals surface area (Å²) >= 11 is 0. The number of hydrogen-bond donors (Lipinski definition) is 0. The van der Waals surface area contributed by atoms with Gasteiger partial charge in [-0.25, -0.2) is 12.8 Å². The zero-order valence-corrected chi connectivity index (χ0v) is 11.8. The van der Waals surface area contributed by atoms with E-state index in [-0.39, 0.29) is 12.4 Å². The smallest absolute Gasteiger partial charge is 0.312 e. The molecule has 0 aromatic heterocycles. The maximum absolute atomic E-state index is 13.6. The Morgan fingerprint density at radius 3 is 2.55 bits per heavy atom. The highest BCUT2D eigenvalue weighted by Crippen LogP contribution is 2.35. The Kier molecular flexibility index (Phi) is 4.14. The first kappa shape index (κ1) is 15.0. The molecule has 0 bridgehead atoms. The molecule has 0 atom stereocenters. The summed E-state index contributed by atoms with van der Waals surface area (Å²) in [7, 11) is 0.627. The van der Waals surface area contributed by atoms with Gasteiger partial charge in [-0.05, 0) is 18.8 Å². The van der Waals surface area contributed by atoms with E-state index in [0.717, 1.165) is 19.3 Å². The summed E-state index contributed by atoms with van der Waals surface area (Å²) in [4.78, 5) is 9.14. The van der Waals surface area contributed by atoms with Crippen LogP contribution in [0.15, 0.2) is 17.0 Å². The van der Waals surface area contributed by atoms with Gasteiger partial charge in [0.2, 0.25) is 0 Å². The van der Waals surface area contributed by atoms with Crippen LogP contribution in [0.25, 0.3) is 0 Å². The van der Waals surface area contributed by atoms with E-state index in [2.05, 4.69) is 0 Å². The van der Waals surface area contributed by atoms with Crippen molar-refractivity contribution in [2.75, 3.05) is 6.61 Å². The SMILES string of the molecule is O=[N+]([O-])c1cc(S(=O)(=O)Cl)c(F)cc1OCC1CCC1. The Balaban J connectivity index is 2.35. The number of halogens is 2. The minimum atomic E-state index is -4.39. The molecule has 6 nitrogen and oxygen atoms in total. The van der Waals surface area contributed by atoms with E-state index in [4.69, 9.17) is 15.4 Å². The number of rotatable bonds is 5. The van der Waals surface area contributed by atoms with Gasteiger partial charge in [0.1, 0.15) is 10.7 Å². The first-order chi connectivity index (χ1) is 9.29. The van der Waals surface area contributed by atoms with E-state index >= 15 is 0 Å². The van der Waals surface area contributed by atoms with Crippen LogP contribution >= 0.6 is 10.7 Å². The van der Waals surface area contributed by atoms with Crippen LogP contribution in [-0.2, 0) is 9.05 Å². The molecule has 0 heterocycles. The summed E-state index contributed by atoms with van der Waals surface area (Å²) in [6.45, 7) is 0.243. The summed E-state index contributed by atoms with van der Waals surface area (Å²) < 4.78 is 41.1. The van der Waals surface area contributed by atoms with Gasteiger partial charge in [0.15, 0.2) is 5.75 Å². The lowest BCUT2D eigenvalue weighted by Crippen LogP contribution is -2.19. The van der Waals surface area contributed by atoms with Crippen LogP contribution in [-0.4, -0.2) is 19.9 Å².